The summed E-state index contributed by atoms with van der Waals surface area (Å²) in [6.45, 7) is 6.54. The Labute approximate surface area is 183 Å². The van der Waals surface area contributed by atoms with Crippen LogP contribution in [0.15, 0.2) is 52.4 Å². The summed E-state index contributed by atoms with van der Waals surface area (Å²) in [5.74, 6) is 0.578. The predicted octanol–water partition coefficient (Wildman–Crippen LogP) is 2.76. The van der Waals surface area contributed by atoms with Gasteiger partial charge in [0, 0.05) is 26.2 Å². The summed E-state index contributed by atoms with van der Waals surface area (Å²) < 4.78 is 41.6. The lowest BCUT2D eigenvalue weighted by Gasteiger charge is -2.44. The Morgan fingerprint density at radius 1 is 1.16 bits per heavy atom. The average molecular weight is 445 g/mol. The van der Waals surface area contributed by atoms with Gasteiger partial charge in [-0.2, -0.15) is 4.31 Å². The highest BCUT2D eigenvalue weighted by atomic mass is 32.2. The number of benzene rings is 2. The molecule has 1 saturated heterocycles. The molecular formula is C23H29FN4O2S. The van der Waals surface area contributed by atoms with Crippen molar-refractivity contribution < 1.29 is 12.8 Å². The lowest BCUT2D eigenvalue weighted by atomic mass is 9.85. The van der Waals surface area contributed by atoms with Crippen LogP contribution in [0.1, 0.15) is 29.5 Å². The van der Waals surface area contributed by atoms with E-state index in [1.807, 2.05) is 32.0 Å². The molecular weight excluding hydrogens is 415 g/mol. The van der Waals surface area contributed by atoms with Crippen LogP contribution in [0.4, 0.5) is 4.39 Å². The molecule has 6 nitrogen and oxygen atoms in total. The van der Waals surface area contributed by atoms with Crippen molar-refractivity contribution in [3.63, 3.8) is 0 Å². The van der Waals surface area contributed by atoms with E-state index in [1.54, 1.807) is 16.4 Å². The number of nitrogens with zero attached hydrogens (tertiary/aromatic N) is 2. The molecule has 0 aliphatic carbocycles. The van der Waals surface area contributed by atoms with Crippen LogP contribution < -0.4 is 10.6 Å². The zero-order chi connectivity index (χ0) is 22.1. The highest BCUT2D eigenvalue weighted by Crippen LogP contribution is 2.30. The molecule has 31 heavy (non-hydrogen) atoms. The Morgan fingerprint density at radius 2 is 1.94 bits per heavy atom. The van der Waals surface area contributed by atoms with Gasteiger partial charge in [-0.3, -0.25) is 4.99 Å². The first-order valence-electron chi connectivity index (χ1n) is 10.7. The second kappa shape index (κ2) is 8.68. The lowest BCUT2D eigenvalue weighted by molar-refractivity contribution is 0.241. The van der Waals surface area contributed by atoms with Gasteiger partial charge in [-0.05, 0) is 56.0 Å². The van der Waals surface area contributed by atoms with Gasteiger partial charge in [-0.15, -0.1) is 0 Å². The maximum Gasteiger partial charge on any atom is 0.243 e. The van der Waals surface area contributed by atoms with Gasteiger partial charge in [0.05, 0.1) is 17.0 Å². The monoisotopic (exact) mass is 444 g/mol. The molecule has 2 N–H and O–H groups in total. The Kier molecular flexibility index (Phi) is 6.14. The quantitative estimate of drug-likeness (QED) is 0.761. The summed E-state index contributed by atoms with van der Waals surface area (Å²) >= 11 is 0. The first kappa shape index (κ1) is 21.9. The van der Waals surface area contributed by atoms with Gasteiger partial charge < -0.3 is 10.6 Å². The summed E-state index contributed by atoms with van der Waals surface area (Å²) in [6, 6.07) is 12.0. The Bertz CT molecular complexity index is 1090. The minimum atomic E-state index is -3.54. The first-order valence-corrected chi connectivity index (χ1v) is 12.1. The van der Waals surface area contributed by atoms with E-state index in [0.717, 1.165) is 29.1 Å². The maximum atomic E-state index is 13.5. The van der Waals surface area contributed by atoms with Gasteiger partial charge in [-0.1, -0.05) is 29.8 Å². The minimum absolute atomic E-state index is 0.261. The van der Waals surface area contributed by atoms with Crippen LogP contribution in [0.2, 0.25) is 0 Å². The normalized spacial score (nSPS) is 19.3. The van der Waals surface area contributed by atoms with Gasteiger partial charge in [0.1, 0.15) is 11.7 Å². The maximum absolute atomic E-state index is 13.5. The number of hydrogen-bond donors (Lipinski definition) is 2. The molecule has 2 aliphatic heterocycles. The number of hydrogen-bond acceptors (Lipinski definition) is 5. The van der Waals surface area contributed by atoms with Gasteiger partial charge >= 0.3 is 0 Å². The van der Waals surface area contributed by atoms with Crippen molar-refractivity contribution in [2.75, 3.05) is 26.2 Å². The van der Waals surface area contributed by atoms with Gasteiger partial charge in [0.15, 0.2) is 0 Å². The average Bonchev–Trinajstić information content (AvgIpc) is 2.73. The zero-order valence-corrected chi connectivity index (χ0v) is 18.8. The topological polar surface area (TPSA) is 73.8 Å². The minimum Gasteiger partial charge on any atom is -0.368 e. The molecule has 2 aliphatic rings. The SMILES string of the molecule is Cc1ccc(S(=O)(=O)N2CCC3(CC2)NCCN=C3NCc2cccc(F)c2)c(C)c1. The Hall–Kier alpha value is -2.29. The first-order chi connectivity index (χ1) is 14.8. The summed E-state index contributed by atoms with van der Waals surface area (Å²) in [7, 11) is -3.54. The van der Waals surface area contributed by atoms with E-state index in [2.05, 4.69) is 10.6 Å². The Balaban J connectivity index is 1.47. The third-order valence-corrected chi connectivity index (χ3v) is 8.23. The molecule has 1 fully saturated rings. The second-order valence-corrected chi connectivity index (χ2v) is 10.3. The molecule has 0 saturated carbocycles. The number of sulfonamides is 1. The van der Waals surface area contributed by atoms with Crippen LogP contribution in [0.25, 0.3) is 0 Å². The predicted molar refractivity (Wildman–Crippen MR) is 120 cm³/mol. The van der Waals surface area contributed by atoms with Gasteiger partial charge in [0.25, 0.3) is 0 Å². The van der Waals surface area contributed by atoms with E-state index in [9.17, 15) is 12.8 Å². The molecule has 0 aromatic heterocycles. The summed E-state index contributed by atoms with van der Waals surface area (Å²) in [5, 5.41) is 6.95. The fourth-order valence-corrected chi connectivity index (χ4v) is 6.15. The third kappa shape index (κ3) is 4.51. The van der Waals surface area contributed by atoms with Crippen molar-refractivity contribution in [2.45, 2.75) is 43.7 Å². The lowest BCUT2D eigenvalue weighted by Crippen LogP contribution is -2.64. The molecule has 0 amide bonds. The van der Waals surface area contributed by atoms with Crippen LogP contribution in [-0.2, 0) is 16.6 Å². The highest BCUT2D eigenvalue weighted by molar-refractivity contribution is 7.89. The fraction of sp³-hybridized carbons (Fsp3) is 0.435. The van der Waals surface area contributed by atoms with E-state index in [0.29, 0.717) is 43.9 Å². The van der Waals surface area contributed by atoms with Crippen molar-refractivity contribution in [1.29, 1.82) is 0 Å². The largest absolute Gasteiger partial charge is 0.368 e. The Morgan fingerprint density at radius 3 is 2.65 bits per heavy atom. The van der Waals surface area contributed by atoms with E-state index < -0.39 is 10.0 Å². The molecule has 0 atom stereocenters. The van der Waals surface area contributed by atoms with E-state index in [4.69, 9.17) is 4.99 Å². The number of rotatable bonds is 4. The molecule has 4 rings (SSSR count). The zero-order valence-electron chi connectivity index (χ0n) is 18.0. The van der Waals surface area contributed by atoms with Crippen molar-refractivity contribution >= 4 is 15.9 Å². The summed E-state index contributed by atoms with van der Waals surface area (Å²) in [5.41, 5.74) is 2.29. The molecule has 0 radical (unpaired) electrons. The van der Waals surface area contributed by atoms with Crippen molar-refractivity contribution in [3.05, 3.63) is 65.0 Å². The van der Waals surface area contributed by atoms with E-state index in [-0.39, 0.29) is 11.4 Å². The van der Waals surface area contributed by atoms with Crippen molar-refractivity contribution in [2.24, 2.45) is 4.99 Å². The molecule has 1 spiro atoms. The third-order valence-electron chi connectivity index (χ3n) is 6.17. The smallest absolute Gasteiger partial charge is 0.243 e. The number of nitrogens with one attached hydrogen (secondary N) is 2. The van der Waals surface area contributed by atoms with E-state index >= 15 is 0 Å². The van der Waals surface area contributed by atoms with Gasteiger partial charge in [0.2, 0.25) is 10.0 Å². The summed E-state index contributed by atoms with van der Waals surface area (Å²) in [6.07, 6.45) is 1.26. The van der Waals surface area contributed by atoms with Crippen LogP contribution in [-0.4, -0.2) is 50.3 Å². The molecule has 2 heterocycles. The number of aliphatic imine (C=N–C) groups is 1. The van der Waals surface area contributed by atoms with Crippen LogP contribution in [0, 0.1) is 19.7 Å². The molecule has 0 bridgehead atoms. The fourth-order valence-electron chi connectivity index (χ4n) is 4.51. The number of piperidine rings is 1. The van der Waals surface area contributed by atoms with Crippen LogP contribution in [0.5, 0.6) is 0 Å². The standard InChI is InChI=1S/C23H29FN4O2S/c1-17-6-7-21(18(2)14-17)31(29,30)28-12-8-23(9-13-28)22(25-10-11-27-23)26-16-19-4-3-5-20(24)15-19/h3-7,14-15,27H,8-13,16H2,1-2H3,(H,25,26). The van der Waals surface area contributed by atoms with Crippen molar-refractivity contribution in [3.8, 4) is 0 Å². The number of amidine groups is 1. The van der Waals surface area contributed by atoms with Crippen LogP contribution in [0.3, 0.4) is 0 Å². The molecule has 8 heteroatoms. The summed E-state index contributed by atoms with van der Waals surface area (Å²) in [4.78, 5) is 5.07. The molecule has 0 unspecified atom stereocenters. The highest BCUT2D eigenvalue weighted by Gasteiger charge is 2.43. The van der Waals surface area contributed by atoms with Gasteiger partial charge in [-0.25, -0.2) is 12.8 Å². The van der Waals surface area contributed by atoms with Crippen LogP contribution >= 0.6 is 0 Å². The second-order valence-electron chi connectivity index (χ2n) is 8.40. The molecule has 2 aromatic rings. The molecule has 166 valence electrons. The molecule has 2 aromatic carbocycles. The van der Waals surface area contributed by atoms with Crippen molar-refractivity contribution in [1.82, 2.24) is 14.9 Å². The van der Waals surface area contributed by atoms with E-state index in [1.165, 1.54) is 12.1 Å². The number of aryl methyl sites for hydroxylation is 2. The number of halogens is 1.